The van der Waals surface area contributed by atoms with Crippen molar-refractivity contribution >= 4 is 11.6 Å². The van der Waals surface area contributed by atoms with Gasteiger partial charge in [0.1, 0.15) is 34.7 Å². The minimum atomic E-state index is -0.0244. The number of aromatic nitrogens is 2. The number of methoxy groups -OCH3 is 2. The molecule has 1 aromatic carbocycles. The maximum absolute atomic E-state index is 12.7. The normalized spacial score (nSPS) is 15.9. The topological polar surface area (TPSA) is 101 Å². The van der Waals surface area contributed by atoms with Crippen molar-refractivity contribution in [2.75, 3.05) is 39.7 Å². The lowest BCUT2D eigenvalue weighted by Crippen LogP contribution is -2.16. The molecular weight excluding hydrogens is 358 g/mol. The van der Waals surface area contributed by atoms with Crippen molar-refractivity contribution in [3.8, 4) is 17.6 Å². The zero-order valence-corrected chi connectivity index (χ0v) is 16.4. The van der Waals surface area contributed by atoms with Gasteiger partial charge in [0.2, 0.25) is 0 Å². The molecule has 1 atom stereocenters. The van der Waals surface area contributed by atoms with Crippen LogP contribution >= 0.6 is 0 Å². The first-order valence-corrected chi connectivity index (χ1v) is 9.23. The Balaban J connectivity index is 1.81. The van der Waals surface area contributed by atoms with Crippen molar-refractivity contribution in [1.82, 2.24) is 15.1 Å². The number of Topliss-reactive ketones (excluding diaryl/α,β-unsaturated/α-hetero) is 1. The molecule has 0 radical (unpaired) electrons. The number of nitrogens with one attached hydrogen (secondary N) is 2. The summed E-state index contributed by atoms with van der Waals surface area (Å²) in [6.07, 6.45) is 1.26. The van der Waals surface area contributed by atoms with E-state index in [0.29, 0.717) is 28.6 Å². The number of ketones is 1. The third kappa shape index (κ3) is 4.10. The van der Waals surface area contributed by atoms with E-state index in [2.05, 4.69) is 21.8 Å². The van der Waals surface area contributed by atoms with Gasteiger partial charge >= 0.3 is 0 Å². The molecule has 3 rings (SSSR count). The van der Waals surface area contributed by atoms with Gasteiger partial charge in [-0.05, 0) is 30.7 Å². The van der Waals surface area contributed by atoms with E-state index >= 15 is 0 Å². The molecule has 1 fully saturated rings. The summed E-state index contributed by atoms with van der Waals surface area (Å²) in [6, 6.07) is 7.78. The first kappa shape index (κ1) is 19.7. The van der Waals surface area contributed by atoms with Crippen LogP contribution in [-0.2, 0) is 17.6 Å². The highest BCUT2D eigenvalue weighted by molar-refractivity contribution is 5.84. The van der Waals surface area contributed by atoms with E-state index in [1.165, 1.54) is 0 Å². The van der Waals surface area contributed by atoms with Crippen LogP contribution in [0.5, 0.6) is 11.5 Å². The van der Waals surface area contributed by atoms with Crippen LogP contribution in [0.25, 0.3) is 0 Å². The van der Waals surface area contributed by atoms with Crippen LogP contribution in [0, 0.1) is 11.3 Å². The SMILES string of the molecule is CNc1c(C#N)c(CC(=O)Cc2cc(OC)cc(OC)c2)nn1[C@H]1CCNC1. The Morgan fingerprint density at radius 2 is 2.04 bits per heavy atom. The number of benzene rings is 1. The minimum absolute atomic E-state index is 0.0244. The van der Waals surface area contributed by atoms with E-state index < -0.39 is 0 Å². The predicted octanol–water partition coefficient (Wildman–Crippen LogP) is 1.70. The third-order valence-electron chi connectivity index (χ3n) is 4.89. The average molecular weight is 383 g/mol. The summed E-state index contributed by atoms with van der Waals surface area (Å²) >= 11 is 0. The number of carbonyl (C=O) groups excluding carboxylic acids is 1. The zero-order valence-electron chi connectivity index (χ0n) is 16.4. The third-order valence-corrected chi connectivity index (χ3v) is 4.89. The molecule has 8 heteroatoms. The fraction of sp³-hybridized carbons (Fsp3) is 0.450. The number of nitrogens with zero attached hydrogens (tertiary/aromatic N) is 3. The highest BCUT2D eigenvalue weighted by Gasteiger charge is 2.25. The number of hydrogen-bond donors (Lipinski definition) is 2. The second kappa shape index (κ2) is 8.76. The molecule has 2 aromatic rings. The molecule has 0 amide bonds. The van der Waals surface area contributed by atoms with Crippen molar-refractivity contribution in [3.63, 3.8) is 0 Å². The van der Waals surface area contributed by atoms with E-state index in [-0.39, 0.29) is 24.7 Å². The highest BCUT2D eigenvalue weighted by atomic mass is 16.5. The summed E-state index contributed by atoms with van der Waals surface area (Å²) in [5, 5.41) is 20.6. The number of anilines is 1. The summed E-state index contributed by atoms with van der Waals surface area (Å²) in [7, 11) is 4.91. The minimum Gasteiger partial charge on any atom is -0.497 e. The van der Waals surface area contributed by atoms with Gasteiger partial charge in [-0.15, -0.1) is 0 Å². The summed E-state index contributed by atoms with van der Waals surface area (Å²) in [4.78, 5) is 12.7. The molecule has 0 bridgehead atoms. The molecule has 0 aliphatic carbocycles. The van der Waals surface area contributed by atoms with Crippen molar-refractivity contribution in [2.24, 2.45) is 0 Å². The van der Waals surface area contributed by atoms with Gasteiger partial charge in [-0.25, -0.2) is 4.68 Å². The lowest BCUT2D eigenvalue weighted by atomic mass is 10.0. The van der Waals surface area contributed by atoms with Gasteiger partial charge in [0, 0.05) is 26.1 Å². The largest absolute Gasteiger partial charge is 0.497 e. The van der Waals surface area contributed by atoms with Gasteiger partial charge < -0.3 is 20.1 Å². The monoisotopic (exact) mass is 383 g/mol. The number of carbonyl (C=O) groups is 1. The quantitative estimate of drug-likeness (QED) is 0.715. The first-order valence-electron chi connectivity index (χ1n) is 9.23. The van der Waals surface area contributed by atoms with Gasteiger partial charge in [0.15, 0.2) is 0 Å². The molecule has 1 aliphatic heterocycles. The van der Waals surface area contributed by atoms with Gasteiger partial charge in [-0.2, -0.15) is 10.4 Å². The van der Waals surface area contributed by atoms with Crippen LogP contribution in [0.2, 0.25) is 0 Å². The molecule has 8 nitrogen and oxygen atoms in total. The van der Waals surface area contributed by atoms with E-state index in [1.54, 1.807) is 27.3 Å². The standard InChI is InChI=1S/C20H25N5O3/c1-22-20-18(11-21)19(24-25(20)14-4-5-23-12-14)9-15(26)6-13-7-16(27-2)10-17(8-13)28-3/h7-8,10,14,22-23H,4-6,9,12H2,1-3H3/t14-/m0/s1. The molecule has 2 heterocycles. The van der Waals surface area contributed by atoms with Crippen LogP contribution < -0.4 is 20.1 Å². The van der Waals surface area contributed by atoms with Gasteiger partial charge in [0.25, 0.3) is 0 Å². The Labute approximate surface area is 164 Å². The first-order chi connectivity index (χ1) is 13.6. The molecule has 2 N–H and O–H groups in total. The van der Waals surface area contributed by atoms with Crippen molar-refractivity contribution in [2.45, 2.75) is 25.3 Å². The van der Waals surface area contributed by atoms with Crippen LogP contribution in [0.1, 0.15) is 29.3 Å². The van der Waals surface area contributed by atoms with Crippen LogP contribution in [0.3, 0.4) is 0 Å². The van der Waals surface area contributed by atoms with Crippen LogP contribution in [0.4, 0.5) is 5.82 Å². The number of hydrogen-bond acceptors (Lipinski definition) is 7. The summed E-state index contributed by atoms with van der Waals surface area (Å²) in [6.45, 7) is 1.72. The van der Waals surface area contributed by atoms with Gasteiger partial charge in [-0.3, -0.25) is 4.79 Å². The van der Waals surface area contributed by atoms with Crippen LogP contribution in [0.15, 0.2) is 18.2 Å². The zero-order chi connectivity index (χ0) is 20.1. The smallest absolute Gasteiger partial charge is 0.143 e. The molecule has 1 aliphatic rings. The van der Waals surface area contributed by atoms with Crippen LogP contribution in [-0.4, -0.2) is 49.9 Å². The maximum Gasteiger partial charge on any atom is 0.143 e. The fourth-order valence-corrected chi connectivity index (χ4v) is 3.52. The Kier molecular flexibility index (Phi) is 6.16. The number of nitriles is 1. The molecule has 1 saturated heterocycles. The van der Waals surface area contributed by atoms with E-state index in [9.17, 15) is 10.1 Å². The Hall–Kier alpha value is -3.05. The van der Waals surface area contributed by atoms with Gasteiger partial charge in [-0.1, -0.05) is 0 Å². The summed E-state index contributed by atoms with van der Waals surface area (Å²) in [5.41, 5.74) is 1.75. The lowest BCUT2D eigenvalue weighted by Gasteiger charge is -2.12. The maximum atomic E-state index is 12.7. The molecule has 0 spiro atoms. The molecule has 148 valence electrons. The predicted molar refractivity (Wildman–Crippen MR) is 105 cm³/mol. The number of ether oxygens (including phenoxy) is 2. The molecule has 0 saturated carbocycles. The Morgan fingerprint density at radius 1 is 1.32 bits per heavy atom. The van der Waals surface area contributed by atoms with E-state index in [4.69, 9.17) is 9.47 Å². The fourth-order valence-electron chi connectivity index (χ4n) is 3.52. The molecule has 1 aromatic heterocycles. The average Bonchev–Trinajstić information content (AvgIpc) is 3.34. The number of rotatable bonds is 8. The lowest BCUT2D eigenvalue weighted by molar-refractivity contribution is -0.117. The second-order valence-corrected chi connectivity index (χ2v) is 6.74. The summed E-state index contributed by atoms with van der Waals surface area (Å²) < 4.78 is 12.4. The Morgan fingerprint density at radius 3 is 2.57 bits per heavy atom. The molecule has 0 unspecified atom stereocenters. The molecular formula is C20H25N5O3. The second-order valence-electron chi connectivity index (χ2n) is 6.74. The van der Waals surface area contributed by atoms with Crippen molar-refractivity contribution in [1.29, 1.82) is 5.26 Å². The molecule has 28 heavy (non-hydrogen) atoms. The van der Waals surface area contributed by atoms with Crippen molar-refractivity contribution in [3.05, 3.63) is 35.0 Å². The van der Waals surface area contributed by atoms with E-state index in [1.807, 2.05) is 16.8 Å². The highest BCUT2D eigenvalue weighted by Crippen LogP contribution is 2.27. The summed E-state index contributed by atoms with van der Waals surface area (Å²) in [5.74, 6) is 1.91. The Bertz CT molecular complexity index is 872. The van der Waals surface area contributed by atoms with E-state index in [0.717, 1.165) is 25.1 Å². The van der Waals surface area contributed by atoms with Crippen molar-refractivity contribution < 1.29 is 14.3 Å². The van der Waals surface area contributed by atoms with Gasteiger partial charge in [0.05, 0.1) is 32.4 Å².